The molecule has 0 fully saturated rings. The first-order valence-electron chi connectivity index (χ1n) is 21.9. The number of carbonyl (C=O) groups excluding carboxylic acids is 3. The lowest BCUT2D eigenvalue weighted by atomic mass is 10.1. The first-order valence-corrected chi connectivity index (χ1v) is 21.9. The summed E-state index contributed by atoms with van der Waals surface area (Å²) < 4.78 is 11.3. The second-order valence-electron chi connectivity index (χ2n) is 15.3. The van der Waals surface area contributed by atoms with Crippen molar-refractivity contribution in [3.8, 4) is 0 Å². The van der Waals surface area contributed by atoms with Crippen molar-refractivity contribution in [1.29, 1.82) is 0 Å². The van der Waals surface area contributed by atoms with Gasteiger partial charge in [0, 0.05) is 12.8 Å². The highest BCUT2D eigenvalue weighted by molar-refractivity contribution is 5.77. The fraction of sp³-hybridized carbons (Fsp3) is 0.761. The molecule has 54 heavy (non-hydrogen) atoms. The molecule has 0 unspecified atom stereocenters. The maximum Gasteiger partial charge on any atom is 0.305 e. The topological polar surface area (TPSA) is 93.1 Å². The summed E-state index contributed by atoms with van der Waals surface area (Å²) in [4.78, 5) is 39.5. The van der Waals surface area contributed by atoms with Crippen molar-refractivity contribution in [3.63, 3.8) is 0 Å². The number of aliphatic hydroxyl groups is 1. The van der Waals surface area contributed by atoms with E-state index in [1.54, 1.807) is 4.90 Å². The number of nitrogens with zero attached hydrogens (tertiary/aromatic N) is 2. The third kappa shape index (κ3) is 36.3. The molecule has 0 aromatic carbocycles. The molecule has 0 rings (SSSR count). The predicted molar refractivity (Wildman–Crippen MR) is 226 cm³/mol. The highest BCUT2D eigenvalue weighted by Crippen LogP contribution is 2.11. The molecular formula is C46H83N2O6+. The minimum Gasteiger partial charge on any atom is -0.464 e. The van der Waals surface area contributed by atoms with Gasteiger partial charge in [0.15, 0.2) is 6.54 Å². The molecule has 0 aliphatic rings. The molecule has 0 saturated carbocycles. The molecule has 1 amide bonds. The highest BCUT2D eigenvalue weighted by atomic mass is 16.5. The Labute approximate surface area is 332 Å². The van der Waals surface area contributed by atoms with Crippen LogP contribution < -0.4 is 0 Å². The van der Waals surface area contributed by atoms with Crippen molar-refractivity contribution < 1.29 is 33.4 Å². The molecule has 8 heteroatoms. The van der Waals surface area contributed by atoms with E-state index in [-0.39, 0.29) is 57.3 Å². The zero-order valence-corrected chi connectivity index (χ0v) is 35.4. The van der Waals surface area contributed by atoms with Gasteiger partial charge in [0.25, 0.3) is 5.91 Å². The van der Waals surface area contributed by atoms with E-state index in [1.807, 2.05) is 14.1 Å². The number of allylic oxidation sites excluding steroid dienone is 8. The Kier molecular flexibility index (Phi) is 36.6. The number of rotatable bonds is 38. The van der Waals surface area contributed by atoms with E-state index in [0.29, 0.717) is 23.9 Å². The molecule has 0 aromatic heterocycles. The Morgan fingerprint density at radius 1 is 0.537 bits per heavy atom. The zero-order chi connectivity index (χ0) is 39.8. The Hall–Kier alpha value is -2.71. The van der Waals surface area contributed by atoms with Gasteiger partial charge in [-0.15, -0.1) is 0 Å². The lowest BCUT2D eigenvalue weighted by molar-refractivity contribution is -0.883. The number of amides is 1. The summed E-state index contributed by atoms with van der Waals surface area (Å²) in [6.07, 6.45) is 43.8. The monoisotopic (exact) mass is 760 g/mol. The van der Waals surface area contributed by atoms with Crippen LogP contribution in [0.5, 0.6) is 0 Å². The number of aliphatic hydroxyl groups excluding tert-OH is 1. The van der Waals surface area contributed by atoms with Gasteiger partial charge < -0.3 is 24.0 Å². The summed E-state index contributed by atoms with van der Waals surface area (Å²) in [6, 6.07) is 0. The van der Waals surface area contributed by atoms with Crippen LogP contribution in [0.2, 0.25) is 0 Å². The smallest absolute Gasteiger partial charge is 0.305 e. The van der Waals surface area contributed by atoms with Crippen LogP contribution in [0, 0.1) is 0 Å². The fourth-order valence-electron chi connectivity index (χ4n) is 6.02. The maximum atomic E-state index is 13.2. The molecule has 0 atom stereocenters. The summed E-state index contributed by atoms with van der Waals surface area (Å²) in [5.41, 5.74) is 0. The maximum absolute atomic E-state index is 13.2. The summed E-state index contributed by atoms with van der Waals surface area (Å²) in [5, 5.41) is 9.40. The molecule has 1 N–H and O–H groups in total. The van der Waals surface area contributed by atoms with E-state index >= 15 is 0 Å². The molecule has 0 heterocycles. The summed E-state index contributed by atoms with van der Waals surface area (Å²) in [7, 11) is 3.78. The van der Waals surface area contributed by atoms with Gasteiger partial charge in [-0.2, -0.15) is 0 Å². The predicted octanol–water partition coefficient (Wildman–Crippen LogP) is 10.6. The van der Waals surface area contributed by atoms with E-state index in [4.69, 9.17) is 9.47 Å². The fourth-order valence-corrected chi connectivity index (χ4v) is 6.02. The standard InChI is InChI=1S/C46H83N2O6/c1-5-7-9-11-13-15-17-19-21-23-25-27-29-31-33-35-45(51)53-41-37-47(44(50)43-48(3,4)39-40-49)38-42-54-46(52)36-34-32-30-28-26-24-22-20-18-16-14-12-10-8-6-2/h13-16,19-22,49H,5-12,17-18,23-43H2,1-4H3/q+1. The van der Waals surface area contributed by atoms with Gasteiger partial charge in [-0.1, -0.05) is 127 Å². The lowest BCUT2D eigenvalue weighted by Crippen LogP contribution is -2.51. The molecule has 0 bridgehead atoms. The van der Waals surface area contributed by atoms with Crippen LogP contribution in [-0.2, 0) is 23.9 Å². The van der Waals surface area contributed by atoms with E-state index in [0.717, 1.165) is 77.0 Å². The van der Waals surface area contributed by atoms with E-state index in [9.17, 15) is 19.5 Å². The van der Waals surface area contributed by atoms with E-state index < -0.39 is 0 Å². The van der Waals surface area contributed by atoms with Gasteiger partial charge in [-0.3, -0.25) is 14.4 Å². The second-order valence-corrected chi connectivity index (χ2v) is 15.3. The first-order chi connectivity index (χ1) is 26.3. The van der Waals surface area contributed by atoms with Crippen molar-refractivity contribution >= 4 is 17.8 Å². The average Bonchev–Trinajstić information content (AvgIpc) is 3.13. The number of quaternary nitrogens is 1. The Balaban J connectivity index is 4.23. The van der Waals surface area contributed by atoms with Crippen LogP contribution in [-0.4, -0.2) is 92.4 Å². The zero-order valence-electron chi connectivity index (χ0n) is 35.4. The number of hydrogen-bond acceptors (Lipinski definition) is 6. The van der Waals surface area contributed by atoms with Crippen molar-refractivity contribution in [2.24, 2.45) is 0 Å². The van der Waals surface area contributed by atoms with Gasteiger partial charge >= 0.3 is 11.9 Å². The minimum atomic E-state index is -0.242. The first kappa shape index (κ1) is 51.3. The SMILES string of the molecule is CCCCCC=CCC=CCCCCCCCC(=O)OCCN(CCOC(=O)CCCCCCCC=CCC=CCCCCC)C(=O)C[N+](C)(C)CCO. The number of unbranched alkanes of at least 4 members (excludes halogenated alkanes) is 16. The Bertz CT molecular complexity index is 955. The van der Waals surface area contributed by atoms with Crippen LogP contribution >= 0.6 is 0 Å². The van der Waals surface area contributed by atoms with Gasteiger partial charge in [0.1, 0.15) is 19.8 Å². The Morgan fingerprint density at radius 3 is 1.30 bits per heavy atom. The number of esters is 2. The van der Waals surface area contributed by atoms with Gasteiger partial charge in [-0.25, -0.2) is 0 Å². The van der Waals surface area contributed by atoms with Gasteiger partial charge in [0.2, 0.25) is 0 Å². The lowest BCUT2D eigenvalue weighted by Gasteiger charge is -2.31. The molecular weight excluding hydrogens is 677 g/mol. The van der Waals surface area contributed by atoms with Gasteiger partial charge in [0.05, 0.1) is 33.8 Å². The summed E-state index contributed by atoms with van der Waals surface area (Å²) >= 11 is 0. The average molecular weight is 760 g/mol. The third-order valence-corrected chi connectivity index (χ3v) is 9.53. The highest BCUT2D eigenvalue weighted by Gasteiger charge is 2.24. The van der Waals surface area contributed by atoms with Crippen molar-refractivity contribution in [3.05, 3.63) is 48.6 Å². The number of ether oxygens (including phenoxy) is 2. The van der Waals surface area contributed by atoms with E-state index in [2.05, 4.69) is 62.5 Å². The molecule has 0 aliphatic heterocycles. The van der Waals surface area contributed by atoms with Crippen LogP contribution in [0.3, 0.4) is 0 Å². The van der Waals surface area contributed by atoms with Crippen LogP contribution in [0.1, 0.15) is 168 Å². The molecule has 312 valence electrons. The largest absolute Gasteiger partial charge is 0.464 e. The van der Waals surface area contributed by atoms with Crippen LogP contribution in [0.4, 0.5) is 0 Å². The summed E-state index contributed by atoms with van der Waals surface area (Å²) in [6.45, 7) is 5.80. The third-order valence-electron chi connectivity index (χ3n) is 9.53. The molecule has 0 aliphatic carbocycles. The second kappa shape index (κ2) is 38.6. The molecule has 0 radical (unpaired) electrons. The molecule has 0 saturated heterocycles. The van der Waals surface area contributed by atoms with Gasteiger partial charge in [-0.05, 0) is 77.0 Å². The Morgan fingerprint density at radius 2 is 0.907 bits per heavy atom. The van der Waals surface area contributed by atoms with Crippen LogP contribution in [0.25, 0.3) is 0 Å². The number of hydrogen-bond donors (Lipinski definition) is 1. The van der Waals surface area contributed by atoms with Crippen molar-refractivity contribution in [1.82, 2.24) is 4.90 Å². The normalized spacial score (nSPS) is 12.2. The quantitative estimate of drug-likeness (QED) is 0.0292. The molecule has 0 spiro atoms. The van der Waals surface area contributed by atoms with E-state index in [1.165, 1.54) is 64.2 Å². The number of carbonyl (C=O) groups is 3. The number of likely N-dealkylation sites (N-methyl/N-ethyl adjacent to an activating group) is 1. The van der Waals surface area contributed by atoms with Crippen molar-refractivity contribution in [2.45, 2.75) is 168 Å². The summed E-state index contributed by atoms with van der Waals surface area (Å²) in [5.74, 6) is -0.607. The molecule has 8 nitrogen and oxygen atoms in total. The molecule has 0 aromatic rings. The minimum absolute atomic E-state index is 0.0160. The van der Waals surface area contributed by atoms with Crippen molar-refractivity contribution in [2.75, 3.05) is 60.1 Å². The van der Waals surface area contributed by atoms with Crippen LogP contribution in [0.15, 0.2) is 48.6 Å².